The van der Waals surface area contributed by atoms with E-state index in [1.54, 1.807) is 6.26 Å². The first-order chi connectivity index (χ1) is 9.69. The van der Waals surface area contributed by atoms with E-state index in [-0.39, 0.29) is 0 Å². The Morgan fingerprint density at radius 1 is 1.35 bits per heavy atom. The molecule has 1 aliphatic heterocycles. The van der Waals surface area contributed by atoms with Crippen LogP contribution >= 0.6 is 0 Å². The molecule has 1 N–H and O–H groups in total. The first-order valence-electron chi connectivity index (χ1n) is 7.01. The van der Waals surface area contributed by atoms with Gasteiger partial charge in [0, 0.05) is 11.4 Å². The number of allylic oxidation sites excluding steroid dienone is 2. The molecule has 0 bridgehead atoms. The number of furan rings is 1. The molecule has 3 heterocycles. The summed E-state index contributed by atoms with van der Waals surface area (Å²) in [4.78, 5) is 4.69. The molecule has 0 atom stereocenters. The van der Waals surface area contributed by atoms with Gasteiger partial charge in [0.05, 0.1) is 18.5 Å². The largest absolute Gasteiger partial charge is 0.467 e. The fourth-order valence-corrected chi connectivity index (χ4v) is 2.66. The summed E-state index contributed by atoms with van der Waals surface area (Å²) in [5, 5.41) is 3.46. The fourth-order valence-electron chi connectivity index (χ4n) is 2.66. The Morgan fingerprint density at radius 3 is 2.90 bits per heavy atom. The van der Waals surface area contributed by atoms with Gasteiger partial charge in [0.15, 0.2) is 7.28 Å². The number of nitrogens with one attached hydrogen (secondary N) is 1. The zero-order chi connectivity index (χ0) is 14.1. The highest BCUT2D eigenvalue weighted by atomic mass is 16.3. The molecule has 2 aromatic heterocycles. The predicted octanol–water partition coefficient (Wildman–Crippen LogP) is 3.08. The van der Waals surface area contributed by atoms with Crippen LogP contribution in [0, 0.1) is 6.92 Å². The molecule has 0 amide bonds. The van der Waals surface area contributed by atoms with Crippen LogP contribution in [0.2, 0.25) is 0 Å². The second-order valence-electron chi connectivity index (χ2n) is 5.15. The molecule has 0 saturated carbocycles. The maximum Gasteiger partial charge on any atom is 0.191 e. The van der Waals surface area contributed by atoms with Crippen LogP contribution in [0.4, 0.5) is 5.69 Å². The SMILES string of the molecule is CCC1=C(C)c2nc(C)cc(NCc3ccco3)c2[B]1. The average Bonchev–Trinajstić information content (AvgIpc) is 3.05. The minimum absolute atomic E-state index is 0.692. The third-order valence-corrected chi connectivity index (χ3v) is 3.76. The van der Waals surface area contributed by atoms with Gasteiger partial charge in [-0.25, -0.2) is 0 Å². The molecule has 2 aromatic rings. The Bertz CT molecular complexity index is 659. The number of hydrogen-bond donors (Lipinski definition) is 1. The summed E-state index contributed by atoms with van der Waals surface area (Å²) in [6, 6.07) is 5.99. The molecular weight excluding hydrogens is 247 g/mol. The van der Waals surface area contributed by atoms with Crippen molar-refractivity contribution in [2.75, 3.05) is 5.32 Å². The summed E-state index contributed by atoms with van der Waals surface area (Å²) < 4.78 is 5.37. The molecule has 3 nitrogen and oxygen atoms in total. The Labute approximate surface area is 120 Å². The number of aromatic nitrogens is 1. The van der Waals surface area contributed by atoms with E-state index in [1.807, 2.05) is 19.1 Å². The van der Waals surface area contributed by atoms with Gasteiger partial charge in [-0.2, -0.15) is 0 Å². The van der Waals surface area contributed by atoms with Crippen molar-refractivity contribution < 1.29 is 4.42 Å². The van der Waals surface area contributed by atoms with Gasteiger partial charge in [0.2, 0.25) is 0 Å². The highest BCUT2D eigenvalue weighted by Gasteiger charge is 2.23. The van der Waals surface area contributed by atoms with Crippen LogP contribution in [0.25, 0.3) is 5.57 Å². The number of anilines is 1. The minimum Gasteiger partial charge on any atom is -0.467 e. The Balaban J connectivity index is 1.89. The molecule has 0 unspecified atom stereocenters. The molecule has 3 rings (SSSR count). The molecule has 20 heavy (non-hydrogen) atoms. The van der Waals surface area contributed by atoms with Crippen LogP contribution in [-0.4, -0.2) is 12.3 Å². The van der Waals surface area contributed by atoms with Crippen molar-refractivity contribution in [3.63, 3.8) is 0 Å². The molecule has 101 valence electrons. The number of pyridine rings is 1. The van der Waals surface area contributed by atoms with Gasteiger partial charge in [-0.15, -0.1) is 0 Å². The topological polar surface area (TPSA) is 38.1 Å². The smallest absolute Gasteiger partial charge is 0.191 e. The second kappa shape index (κ2) is 5.20. The van der Waals surface area contributed by atoms with Crippen molar-refractivity contribution in [3.05, 3.63) is 47.1 Å². The standard InChI is InChI=1S/C16H18BN2O/c1-4-13-11(3)16-15(17-13)14(8-10(2)19-16)18-9-12-6-5-7-20-12/h5-8H,4,9H2,1-3H3,(H,18,19). The van der Waals surface area contributed by atoms with E-state index in [0.717, 1.165) is 29.3 Å². The first-order valence-corrected chi connectivity index (χ1v) is 7.01. The van der Waals surface area contributed by atoms with Crippen LogP contribution in [0.15, 0.2) is 34.4 Å². The minimum atomic E-state index is 0.692. The first kappa shape index (κ1) is 13.0. The van der Waals surface area contributed by atoms with E-state index in [2.05, 4.69) is 37.5 Å². The Morgan fingerprint density at radius 2 is 2.20 bits per heavy atom. The maximum absolute atomic E-state index is 5.37. The second-order valence-corrected chi connectivity index (χ2v) is 5.15. The Kier molecular flexibility index (Phi) is 3.39. The van der Waals surface area contributed by atoms with E-state index < -0.39 is 0 Å². The third kappa shape index (κ3) is 2.26. The van der Waals surface area contributed by atoms with Crippen LogP contribution in [0.3, 0.4) is 0 Å². The molecule has 1 aliphatic rings. The van der Waals surface area contributed by atoms with Crippen LogP contribution < -0.4 is 10.8 Å². The highest BCUT2D eigenvalue weighted by molar-refractivity contribution is 6.67. The lowest BCUT2D eigenvalue weighted by molar-refractivity contribution is 0.518. The number of aryl methyl sites for hydroxylation is 1. The lowest BCUT2D eigenvalue weighted by atomic mass is 9.65. The van der Waals surface area contributed by atoms with Gasteiger partial charge < -0.3 is 9.73 Å². The lowest BCUT2D eigenvalue weighted by Crippen LogP contribution is -2.21. The summed E-state index contributed by atoms with van der Waals surface area (Å²) in [7, 11) is 2.25. The van der Waals surface area contributed by atoms with Gasteiger partial charge in [0.1, 0.15) is 5.76 Å². The highest BCUT2D eigenvalue weighted by Crippen LogP contribution is 2.26. The molecule has 4 heteroatoms. The van der Waals surface area contributed by atoms with E-state index in [0.29, 0.717) is 6.54 Å². The van der Waals surface area contributed by atoms with Crippen molar-refractivity contribution >= 4 is 24.0 Å². The molecule has 0 fully saturated rings. The van der Waals surface area contributed by atoms with Crippen LogP contribution in [0.1, 0.15) is 37.4 Å². The van der Waals surface area contributed by atoms with E-state index >= 15 is 0 Å². The van der Waals surface area contributed by atoms with Crippen molar-refractivity contribution in [3.8, 4) is 0 Å². The summed E-state index contributed by atoms with van der Waals surface area (Å²) >= 11 is 0. The van der Waals surface area contributed by atoms with Crippen molar-refractivity contribution in [1.82, 2.24) is 4.98 Å². The molecule has 0 spiro atoms. The quantitative estimate of drug-likeness (QED) is 0.863. The van der Waals surface area contributed by atoms with Gasteiger partial charge >= 0.3 is 0 Å². The lowest BCUT2D eigenvalue weighted by Gasteiger charge is -2.12. The summed E-state index contributed by atoms with van der Waals surface area (Å²) in [5.74, 6) is 0.937. The Hall–Kier alpha value is -1.97. The fraction of sp³-hybridized carbons (Fsp3) is 0.312. The zero-order valence-electron chi connectivity index (χ0n) is 12.2. The normalized spacial score (nSPS) is 13.3. The van der Waals surface area contributed by atoms with E-state index in [4.69, 9.17) is 4.42 Å². The van der Waals surface area contributed by atoms with Crippen molar-refractivity contribution in [1.29, 1.82) is 0 Å². The van der Waals surface area contributed by atoms with Gasteiger partial charge in [-0.1, -0.05) is 12.4 Å². The van der Waals surface area contributed by atoms with E-state index in [9.17, 15) is 0 Å². The summed E-state index contributed by atoms with van der Waals surface area (Å²) in [6.07, 6.45) is 2.74. The van der Waals surface area contributed by atoms with Crippen LogP contribution in [0.5, 0.6) is 0 Å². The number of rotatable bonds is 4. The monoisotopic (exact) mass is 265 g/mol. The molecule has 0 aromatic carbocycles. The zero-order valence-corrected chi connectivity index (χ0v) is 12.2. The predicted molar refractivity (Wildman–Crippen MR) is 83.3 cm³/mol. The van der Waals surface area contributed by atoms with Gasteiger partial charge in [-0.05, 0) is 49.5 Å². The average molecular weight is 265 g/mol. The molecular formula is C16H18BN2O. The number of hydrogen-bond acceptors (Lipinski definition) is 3. The summed E-state index contributed by atoms with van der Waals surface area (Å²) in [5.41, 5.74) is 7.16. The molecule has 1 radical (unpaired) electrons. The number of nitrogens with zero attached hydrogens (tertiary/aromatic N) is 1. The van der Waals surface area contributed by atoms with Gasteiger partial charge in [-0.3, -0.25) is 4.98 Å². The van der Waals surface area contributed by atoms with E-state index in [1.165, 1.54) is 16.5 Å². The molecule has 0 aliphatic carbocycles. The maximum atomic E-state index is 5.37. The van der Waals surface area contributed by atoms with Crippen LogP contribution in [-0.2, 0) is 6.54 Å². The molecule has 0 saturated heterocycles. The number of fused-ring (bicyclic) bond motifs is 1. The van der Waals surface area contributed by atoms with Crippen molar-refractivity contribution in [2.45, 2.75) is 33.7 Å². The third-order valence-electron chi connectivity index (χ3n) is 3.76. The van der Waals surface area contributed by atoms with Gasteiger partial charge in [0.25, 0.3) is 0 Å². The summed E-state index contributed by atoms with van der Waals surface area (Å²) in [6.45, 7) is 7.07. The van der Waals surface area contributed by atoms with Crippen molar-refractivity contribution in [2.24, 2.45) is 0 Å².